The summed E-state index contributed by atoms with van der Waals surface area (Å²) in [4.78, 5) is 7.73. The summed E-state index contributed by atoms with van der Waals surface area (Å²) in [5.41, 5.74) is 21.4. The van der Waals surface area contributed by atoms with Crippen LogP contribution in [0.4, 0.5) is 17.1 Å². The Kier molecular flexibility index (Phi) is 9.16. The predicted molar refractivity (Wildman–Crippen MR) is 267 cm³/mol. The van der Waals surface area contributed by atoms with E-state index in [0.29, 0.717) is 0 Å². The zero-order valence-corrected chi connectivity index (χ0v) is 35.0. The van der Waals surface area contributed by atoms with E-state index in [4.69, 9.17) is 4.98 Å². The van der Waals surface area contributed by atoms with Crippen molar-refractivity contribution in [2.75, 3.05) is 4.90 Å². The van der Waals surface area contributed by atoms with Crippen molar-refractivity contribution in [2.45, 2.75) is 0 Å². The molecule has 0 N–H and O–H groups in total. The lowest BCUT2D eigenvalue weighted by Gasteiger charge is -2.28. The van der Waals surface area contributed by atoms with E-state index in [1.807, 2.05) is 0 Å². The quantitative estimate of drug-likeness (QED) is 0.160. The maximum Gasteiger partial charge on any atom is 0.0715 e. The molecule has 1 aliphatic heterocycles. The van der Waals surface area contributed by atoms with Crippen LogP contribution in [0.15, 0.2) is 249 Å². The van der Waals surface area contributed by atoms with Gasteiger partial charge in [-0.3, -0.25) is 0 Å². The number of aromatic nitrogens is 2. The van der Waals surface area contributed by atoms with Gasteiger partial charge in [-0.05, 0) is 94.0 Å². The normalized spacial score (nSPS) is 11.7. The van der Waals surface area contributed by atoms with Crippen LogP contribution in [-0.4, -0.2) is 9.55 Å². The molecule has 0 bridgehead atoms. The molecule has 0 amide bonds. The second-order valence-corrected chi connectivity index (χ2v) is 16.4. The molecular formula is C61H41N3. The molecule has 11 aromatic rings. The zero-order valence-electron chi connectivity index (χ0n) is 35.0. The van der Waals surface area contributed by atoms with Crippen molar-refractivity contribution in [1.82, 2.24) is 9.55 Å². The largest absolute Gasteiger partial charge is 0.309 e. The highest BCUT2D eigenvalue weighted by Crippen LogP contribution is 2.55. The van der Waals surface area contributed by atoms with Gasteiger partial charge in [0.2, 0.25) is 0 Å². The number of fused-ring (bicyclic) bond motifs is 7. The van der Waals surface area contributed by atoms with Gasteiger partial charge in [-0.1, -0.05) is 188 Å². The van der Waals surface area contributed by atoms with Crippen molar-refractivity contribution in [2.24, 2.45) is 0 Å². The zero-order chi connectivity index (χ0) is 42.4. The van der Waals surface area contributed by atoms with Gasteiger partial charge in [0.25, 0.3) is 0 Å². The molecule has 9 aromatic carbocycles. The standard InChI is InChI=1S/C61H41N3/c1-5-19-42(20-6-1)47-37-48(43-21-7-2-8-22-43)39-51(38-47)63-57-30-16-13-27-52(57)60-53-28-14-17-31-58(53)64(61(60)54-29-15-18-32-59(54)63)50-35-33-46(34-36-50)56-41-49(44-23-9-3-10-24-44)40-55(62-56)45-25-11-4-12-26-45/h1-41H. The van der Waals surface area contributed by atoms with Crippen LogP contribution < -0.4 is 4.90 Å². The number of nitrogens with zero attached hydrogens (tertiary/aromatic N) is 3. The Morgan fingerprint density at radius 2 is 0.734 bits per heavy atom. The topological polar surface area (TPSA) is 21.1 Å². The molecule has 3 heterocycles. The minimum absolute atomic E-state index is 0.936. The fourth-order valence-electron chi connectivity index (χ4n) is 9.54. The van der Waals surface area contributed by atoms with Crippen LogP contribution in [0.2, 0.25) is 0 Å². The summed E-state index contributed by atoms with van der Waals surface area (Å²) in [7, 11) is 0. The molecule has 0 saturated carbocycles. The van der Waals surface area contributed by atoms with Gasteiger partial charge in [0.15, 0.2) is 0 Å². The molecular weight excluding hydrogens is 775 g/mol. The van der Waals surface area contributed by atoms with E-state index in [9.17, 15) is 0 Å². The van der Waals surface area contributed by atoms with Crippen molar-refractivity contribution in [3.8, 4) is 84.0 Å². The molecule has 0 atom stereocenters. The maximum atomic E-state index is 5.25. The van der Waals surface area contributed by atoms with Crippen molar-refractivity contribution >= 4 is 28.0 Å². The van der Waals surface area contributed by atoms with Crippen LogP contribution in [0.1, 0.15) is 0 Å². The van der Waals surface area contributed by atoms with Gasteiger partial charge in [0.1, 0.15) is 0 Å². The van der Waals surface area contributed by atoms with Crippen LogP contribution in [0.5, 0.6) is 0 Å². The summed E-state index contributed by atoms with van der Waals surface area (Å²) in [5, 5.41) is 1.21. The van der Waals surface area contributed by atoms with Gasteiger partial charge in [-0.25, -0.2) is 4.98 Å². The smallest absolute Gasteiger partial charge is 0.0715 e. The number of pyridine rings is 1. The fraction of sp³-hybridized carbons (Fsp3) is 0. The van der Waals surface area contributed by atoms with Crippen LogP contribution in [0.25, 0.3) is 94.9 Å². The summed E-state index contributed by atoms with van der Waals surface area (Å²) in [6.07, 6.45) is 0. The molecule has 0 radical (unpaired) electrons. The lowest BCUT2D eigenvalue weighted by molar-refractivity contribution is 1.13. The van der Waals surface area contributed by atoms with Gasteiger partial charge in [0, 0.05) is 44.6 Å². The Morgan fingerprint density at radius 3 is 1.31 bits per heavy atom. The number of anilines is 3. The molecule has 0 aliphatic carbocycles. The Bertz CT molecular complexity index is 3350. The minimum atomic E-state index is 0.936. The number of benzene rings is 9. The van der Waals surface area contributed by atoms with E-state index in [1.54, 1.807) is 0 Å². The predicted octanol–water partition coefficient (Wildman–Crippen LogP) is 16.5. The van der Waals surface area contributed by atoms with Crippen LogP contribution in [0, 0.1) is 0 Å². The van der Waals surface area contributed by atoms with Crippen LogP contribution in [0.3, 0.4) is 0 Å². The first-order chi connectivity index (χ1) is 31.7. The van der Waals surface area contributed by atoms with Crippen LogP contribution >= 0.6 is 0 Å². The molecule has 1 aliphatic rings. The van der Waals surface area contributed by atoms with Crippen molar-refractivity contribution in [3.05, 3.63) is 249 Å². The first-order valence-electron chi connectivity index (χ1n) is 21.9. The van der Waals surface area contributed by atoms with E-state index in [-0.39, 0.29) is 0 Å². The molecule has 0 unspecified atom stereocenters. The molecule has 300 valence electrons. The second kappa shape index (κ2) is 15.7. The molecule has 64 heavy (non-hydrogen) atoms. The molecule has 3 heteroatoms. The molecule has 0 spiro atoms. The van der Waals surface area contributed by atoms with Crippen molar-refractivity contribution < 1.29 is 0 Å². The van der Waals surface area contributed by atoms with Gasteiger partial charge in [0.05, 0.1) is 34.0 Å². The maximum absolute atomic E-state index is 5.25. The van der Waals surface area contributed by atoms with Gasteiger partial charge in [-0.2, -0.15) is 0 Å². The first-order valence-corrected chi connectivity index (χ1v) is 21.9. The molecule has 2 aromatic heterocycles. The summed E-state index contributed by atoms with van der Waals surface area (Å²) < 4.78 is 2.46. The average molecular weight is 816 g/mol. The number of hydrogen-bond donors (Lipinski definition) is 0. The summed E-state index contributed by atoms with van der Waals surface area (Å²) in [6.45, 7) is 0. The highest BCUT2D eigenvalue weighted by molar-refractivity contribution is 6.13. The summed E-state index contributed by atoms with van der Waals surface area (Å²) in [5.74, 6) is 0. The average Bonchev–Trinajstić information content (AvgIpc) is 3.66. The van der Waals surface area contributed by atoms with Gasteiger partial charge < -0.3 is 9.47 Å². The van der Waals surface area contributed by atoms with E-state index in [2.05, 4.69) is 258 Å². The number of hydrogen-bond acceptors (Lipinski definition) is 2. The lowest BCUT2D eigenvalue weighted by Crippen LogP contribution is -2.11. The van der Waals surface area contributed by atoms with Gasteiger partial charge >= 0.3 is 0 Å². The Balaban J connectivity index is 1.06. The van der Waals surface area contributed by atoms with E-state index < -0.39 is 0 Å². The molecule has 0 saturated heterocycles. The first kappa shape index (κ1) is 37.2. The monoisotopic (exact) mass is 815 g/mol. The lowest BCUT2D eigenvalue weighted by atomic mass is 9.97. The molecule has 12 rings (SSSR count). The van der Waals surface area contributed by atoms with Crippen molar-refractivity contribution in [1.29, 1.82) is 0 Å². The SMILES string of the molecule is c1ccc(-c2cc(-c3ccccc3)cc(N3c4ccccc4-c4c(n(-c5ccc(-c6cc(-c7ccccc7)cc(-c7ccccc7)n6)cc5)c5ccccc45)-c4ccccc43)c2)cc1. The Morgan fingerprint density at radius 1 is 0.297 bits per heavy atom. The minimum Gasteiger partial charge on any atom is -0.309 e. The Labute approximate surface area is 373 Å². The Hall–Kier alpha value is -8.53. The highest BCUT2D eigenvalue weighted by Gasteiger charge is 2.31. The van der Waals surface area contributed by atoms with Crippen LogP contribution in [-0.2, 0) is 0 Å². The van der Waals surface area contributed by atoms with Gasteiger partial charge in [-0.15, -0.1) is 0 Å². The molecule has 3 nitrogen and oxygen atoms in total. The third kappa shape index (κ3) is 6.50. The third-order valence-electron chi connectivity index (χ3n) is 12.5. The van der Waals surface area contributed by atoms with E-state index in [1.165, 1.54) is 38.8 Å². The van der Waals surface area contributed by atoms with E-state index in [0.717, 1.165) is 73.2 Å². The summed E-state index contributed by atoms with van der Waals surface area (Å²) >= 11 is 0. The third-order valence-corrected chi connectivity index (χ3v) is 12.5. The second-order valence-electron chi connectivity index (χ2n) is 16.4. The van der Waals surface area contributed by atoms with E-state index >= 15 is 0 Å². The number of para-hydroxylation sites is 3. The summed E-state index contributed by atoms with van der Waals surface area (Å²) in [6, 6.07) is 89.6. The highest BCUT2D eigenvalue weighted by atomic mass is 15.2. The fourth-order valence-corrected chi connectivity index (χ4v) is 9.54. The molecule has 0 fully saturated rings. The van der Waals surface area contributed by atoms with Crippen molar-refractivity contribution in [3.63, 3.8) is 0 Å². The number of rotatable bonds is 7.